The van der Waals surface area contributed by atoms with Gasteiger partial charge in [-0.1, -0.05) is 12.2 Å². The third kappa shape index (κ3) is 1.16. The molecule has 14 heavy (non-hydrogen) atoms. The molecule has 1 aliphatic rings. The van der Waals surface area contributed by atoms with E-state index < -0.39 is 0 Å². The fourth-order valence-electron chi connectivity index (χ4n) is 1.67. The van der Waals surface area contributed by atoms with Gasteiger partial charge in [-0.15, -0.1) is 0 Å². The maximum Gasteiger partial charge on any atom is 0.277 e. The van der Waals surface area contributed by atoms with Crippen LogP contribution in [0.5, 0.6) is 5.75 Å². The molecule has 0 saturated carbocycles. The molecule has 0 fully saturated rings. The van der Waals surface area contributed by atoms with Crippen molar-refractivity contribution in [1.29, 1.82) is 0 Å². The van der Waals surface area contributed by atoms with Crippen molar-refractivity contribution in [2.45, 2.75) is 6.42 Å². The number of allylic oxidation sites excluding steroid dienone is 1. The van der Waals surface area contributed by atoms with E-state index in [4.69, 9.17) is 4.74 Å². The average Bonchev–Trinajstić information content (AvgIpc) is 2.64. The Morgan fingerprint density at radius 2 is 2.29 bits per heavy atom. The average molecular weight is 191 g/mol. The van der Waals surface area contributed by atoms with E-state index in [9.17, 15) is 10.1 Å². The lowest BCUT2D eigenvalue weighted by Crippen LogP contribution is -1.96. The van der Waals surface area contributed by atoms with Gasteiger partial charge >= 0.3 is 0 Å². The number of ether oxygens (including phenoxy) is 1. The summed E-state index contributed by atoms with van der Waals surface area (Å²) in [6.07, 6.45) is 4.39. The highest BCUT2D eigenvalue weighted by Gasteiger charge is 2.21. The number of rotatable bonds is 2. The van der Waals surface area contributed by atoms with Crippen molar-refractivity contribution < 1.29 is 9.66 Å². The van der Waals surface area contributed by atoms with Crippen molar-refractivity contribution in [3.05, 3.63) is 39.4 Å². The van der Waals surface area contributed by atoms with E-state index in [1.165, 1.54) is 6.07 Å². The second-order valence-electron chi connectivity index (χ2n) is 3.04. The molecule has 0 amide bonds. The van der Waals surface area contributed by atoms with E-state index in [-0.39, 0.29) is 10.6 Å². The minimum Gasteiger partial charge on any atom is -0.496 e. The van der Waals surface area contributed by atoms with Gasteiger partial charge in [0.05, 0.1) is 17.6 Å². The summed E-state index contributed by atoms with van der Waals surface area (Å²) >= 11 is 0. The molecule has 0 unspecified atom stereocenters. The van der Waals surface area contributed by atoms with Gasteiger partial charge in [0, 0.05) is 11.6 Å². The maximum absolute atomic E-state index is 10.7. The fraction of sp³-hybridized carbons (Fsp3) is 0.200. The third-order valence-electron chi connectivity index (χ3n) is 2.31. The van der Waals surface area contributed by atoms with Crippen LogP contribution in [-0.2, 0) is 6.42 Å². The van der Waals surface area contributed by atoms with Crippen LogP contribution in [0.2, 0.25) is 0 Å². The van der Waals surface area contributed by atoms with Crippen molar-refractivity contribution in [2.75, 3.05) is 7.11 Å². The lowest BCUT2D eigenvalue weighted by molar-refractivity contribution is -0.385. The first kappa shape index (κ1) is 8.74. The van der Waals surface area contributed by atoms with Gasteiger partial charge in [0.25, 0.3) is 5.69 Å². The van der Waals surface area contributed by atoms with Gasteiger partial charge in [0.1, 0.15) is 5.75 Å². The predicted octanol–water partition coefficient (Wildman–Crippen LogP) is 2.17. The molecule has 72 valence electrons. The quantitative estimate of drug-likeness (QED) is 0.531. The molecular weight excluding hydrogens is 182 g/mol. The SMILES string of the molecule is COc1ccc([N+](=O)[O-])c2c1CC=C2. The molecule has 1 aliphatic carbocycles. The summed E-state index contributed by atoms with van der Waals surface area (Å²) < 4.78 is 5.13. The smallest absolute Gasteiger partial charge is 0.277 e. The summed E-state index contributed by atoms with van der Waals surface area (Å²) in [5.74, 6) is 0.718. The zero-order chi connectivity index (χ0) is 10.1. The largest absolute Gasteiger partial charge is 0.496 e. The molecule has 2 rings (SSSR count). The number of fused-ring (bicyclic) bond motifs is 1. The monoisotopic (exact) mass is 191 g/mol. The van der Waals surface area contributed by atoms with Crippen LogP contribution >= 0.6 is 0 Å². The Balaban J connectivity index is 2.62. The van der Waals surface area contributed by atoms with Crippen LogP contribution in [0.25, 0.3) is 6.08 Å². The molecule has 0 bridgehead atoms. The van der Waals surface area contributed by atoms with E-state index in [2.05, 4.69) is 0 Å². The second kappa shape index (κ2) is 3.14. The number of hydrogen-bond acceptors (Lipinski definition) is 3. The summed E-state index contributed by atoms with van der Waals surface area (Å²) in [6, 6.07) is 3.12. The zero-order valence-electron chi connectivity index (χ0n) is 7.69. The van der Waals surface area contributed by atoms with Crippen LogP contribution in [0.15, 0.2) is 18.2 Å². The highest BCUT2D eigenvalue weighted by atomic mass is 16.6. The molecule has 1 aromatic carbocycles. The van der Waals surface area contributed by atoms with E-state index in [1.54, 1.807) is 19.3 Å². The standard InChI is InChI=1S/C10H9NO3/c1-14-10-6-5-9(11(12)13)7-3-2-4-8(7)10/h2-3,5-6H,4H2,1H3. The molecule has 0 aliphatic heterocycles. The number of nitrogens with zero attached hydrogens (tertiary/aromatic N) is 1. The Bertz CT molecular complexity index is 424. The van der Waals surface area contributed by atoms with Gasteiger partial charge in [0.15, 0.2) is 0 Å². The Kier molecular flexibility index (Phi) is 1.96. The Hall–Kier alpha value is -1.84. The summed E-state index contributed by atoms with van der Waals surface area (Å²) in [5, 5.41) is 10.7. The van der Waals surface area contributed by atoms with Crippen LogP contribution in [-0.4, -0.2) is 12.0 Å². The molecule has 4 nitrogen and oxygen atoms in total. The van der Waals surface area contributed by atoms with Gasteiger partial charge in [-0.2, -0.15) is 0 Å². The van der Waals surface area contributed by atoms with E-state index in [1.807, 2.05) is 6.08 Å². The number of nitro groups is 1. The summed E-state index contributed by atoms with van der Waals surface area (Å²) in [5.41, 5.74) is 1.73. The van der Waals surface area contributed by atoms with Gasteiger partial charge in [-0.05, 0) is 12.5 Å². The minimum absolute atomic E-state index is 0.148. The van der Waals surface area contributed by atoms with E-state index in [0.29, 0.717) is 12.0 Å². The predicted molar refractivity (Wildman–Crippen MR) is 52.4 cm³/mol. The van der Waals surface area contributed by atoms with Crippen LogP contribution < -0.4 is 4.74 Å². The number of benzene rings is 1. The minimum atomic E-state index is -0.367. The molecular formula is C10H9NO3. The lowest BCUT2D eigenvalue weighted by Gasteiger charge is -2.06. The van der Waals surface area contributed by atoms with Crippen molar-refractivity contribution in [2.24, 2.45) is 0 Å². The number of hydrogen-bond donors (Lipinski definition) is 0. The van der Waals surface area contributed by atoms with Gasteiger partial charge in [-0.3, -0.25) is 10.1 Å². The molecule has 0 atom stereocenters. The molecule has 0 heterocycles. The molecule has 0 saturated heterocycles. The highest BCUT2D eigenvalue weighted by Crippen LogP contribution is 2.35. The number of nitro benzene ring substituents is 1. The van der Waals surface area contributed by atoms with Gasteiger partial charge in [-0.25, -0.2) is 0 Å². The van der Waals surface area contributed by atoms with E-state index in [0.717, 1.165) is 11.3 Å². The highest BCUT2D eigenvalue weighted by molar-refractivity contribution is 5.72. The van der Waals surface area contributed by atoms with Crippen LogP contribution in [0.4, 0.5) is 5.69 Å². The van der Waals surface area contributed by atoms with Crippen LogP contribution in [0.1, 0.15) is 11.1 Å². The Morgan fingerprint density at radius 1 is 1.50 bits per heavy atom. The molecule has 0 aromatic heterocycles. The van der Waals surface area contributed by atoms with Gasteiger partial charge in [0.2, 0.25) is 0 Å². The first-order chi connectivity index (χ1) is 6.74. The van der Waals surface area contributed by atoms with Crippen molar-refractivity contribution >= 4 is 11.8 Å². The van der Waals surface area contributed by atoms with Crippen molar-refractivity contribution in [3.8, 4) is 5.75 Å². The molecule has 1 aromatic rings. The molecule has 4 heteroatoms. The molecule has 0 radical (unpaired) electrons. The van der Waals surface area contributed by atoms with E-state index >= 15 is 0 Å². The normalized spacial score (nSPS) is 12.6. The van der Waals surface area contributed by atoms with Crippen molar-refractivity contribution in [1.82, 2.24) is 0 Å². The Morgan fingerprint density at radius 3 is 2.93 bits per heavy atom. The molecule has 0 spiro atoms. The fourth-order valence-corrected chi connectivity index (χ4v) is 1.67. The summed E-state index contributed by atoms with van der Waals surface area (Å²) in [4.78, 5) is 10.3. The number of methoxy groups -OCH3 is 1. The zero-order valence-corrected chi connectivity index (χ0v) is 7.69. The first-order valence-corrected chi connectivity index (χ1v) is 4.25. The lowest BCUT2D eigenvalue weighted by atomic mass is 10.1. The summed E-state index contributed by atoms with van der Waals surface area (Å²) in [7, 11) is 1.57. The molecule has 0 N–H and O–H groups in total. The summed E-state index contributed by atoms with van der Waals surface area (Å²) in [6.45, 7) is 0. The Labute approximate surface area is 81.0 Å². The second-order valence-corrected chi connectivity index (χ2v) is 3.04. The van der Waals surface area contributed by atoms with Crippen LogP contribution in [0, 0.1) is 10.1 Å². The topological polar surface area (TPSA) is 52.4 Å². The van der Waals surface area contributed by atoms with Crippen molar-refractivity contribution in [3.63, 3.8) is 0 Å². The third-order valence-corrected chi connectivity index (χ3v) is 2.31. The van der Waals surface area contributed by atoms with Crippen LogP contribution in [0.3, 0.4) is 0 Å². The van der Waals surface area contributed by atoms with Gasteiger partial charge < -0.3 is 4.74 Å². The first-order valence-electron chi connectivity index (χ1n) is 4.25. The maximum atomic E-state index is 10.7.